The smallest absolute Gasteiger partial charge is 0.237 e. The number of benzene rings is 1. The highest BCUT2D eigenvalue weighted by molar-refractivity contribution is 5.81. The highest BCUT2D eigenvalue weighted by atomic mass is 15.1. The monoisotopic (exact) mass is 239 g/mol. The summed E-state index contributed by atoms with van der Waals surface area (Å²) in [6.45, 7) is 1.95. The first-order chi connectivity index (χ1) is 8.66. The summed E-state index contributed by atoms with van der Waals surface area (Å²) in [7, 11) is 1.91. The van der Waals surface area contributed by atoms with Crippen LogP contribution < -0.4 is 10.3 Å². The number of nitrogens with two attached hydrogens (primary N) is 1. The first-order valence-electron chi connectivity index (χ1n) is 5.86. The quantitative estimate of drug-likeness (QED) is 0.657. The first-order valence-corrected chi connectivity index (χ1v) is 5.86. The number of aryl methyl sites for hydroxylation is 1. The molecule has 0 aliphatic carbocycles. The number of anilines is 1. The summed E-state index contributed by atoms with van der Waals surface area (Å²) >= 11 is 0. The molecule has 0 saturated carbocycles. The molecule has 1 aromatic carbocycles. The van der Waals surface area contributed by atoms with Crippen molar-refractivity contribution in [3.63, 3.8) is 0 Å². The molecule has 2 heterocycles. The van der Waals surface area contributed by atoms with Crippen LogP contribution in [0.3, 0.4) is 0 Å². The van der Waals surface area contributed by atoms with Crippen molar-refractivity contribution in [3.8, 4) is 5.82 Å². The minimum atomic E-state index is 0.704. The molecule has 0 radical (unpaired) electrons. The van der Waals surface area contributed by atoms with Crippen molar-refractivity contribution in [3.05, 3.63) is 48.4 Å². The number of aromatic nitrogens is 3. The topological polar surface area (TPSA) is 47.7 Å². The van der Waals surface area contributed by atoms with Gasteiger partial charge in [-0.3, -0.25) is 4.57 Å². The molecule has 90 valence electrons. The second-order valence-corrected chi connectivity index (χ2v) is 4.39. The largest absolute Gasteiger partial charge is 0.318 e. The van der Waals surface area contributed by atoms with Crippen LogP contribution in [-0.2, 0) is 7.05 Å². The summed E-state index contributed by atoms with van der Waals surface area (Å²) in [6, 6.07) is 12.2. The van der Waals surface area contributed by atoms with E-state index in [0.717, 1.165) is 17.2 Å². The van der Waals surface area contributed by atoms with E-state index in [1.807, 2.05) is 42.9 Å². The predicted octanol–water partition coefficient (Wildman–Crippen LogP) is 1.74. The number of rotatable bonds is 1. The Hall–Kier alpha value is -2.36. The molecule has 0 atom stereocenters. The number of para-hydroxylation sites is 1. The summed E-state index contributed by atoms with van der Waals surface area (Å²) in [6.07, 6.45) is 2.02. The first kappa shape index (κ1) is 10.8. The Bertz CT molecular complexity index is 704. The lowest BCUT2D eigenvalue weighted by molar-refractivity contribution is -0.666. The van der Waals surface area contributed by atoms with Crippen LogP contribution in [0.25, 0.3) is 16.7 Å². The third kappa shape index (κ3) is 1.54. The van der Waals surface area contributed by atoms with E-state index in [2.05, 4.69) is 27.8 Å². The molecule has 0 spiro atoms. The maximum atomic E-state index is 5.98. The molecule has 3 rings (SSSR count). The average molecular weight is 239 g/mol. The molecule has 18 heavy (non-hydrogen) atoms. The van der Waals surface area contributed by atoms with Crippen molar-refractivity contribution in [2.24, 2.45) is 7.05 Å². The Balaban J connectivity index is 2.26. The zero-order valence-electron chi connectivity index (χ0n) is 10.5. The van der Waals surface area contributed by atoms with Crippen molar-refractivity contribution < 1.29 is 4.57 Å². The SMILES string of the molecule is Cc1nc(-n2ccc3ccccc32)cc(N)[n+]1C. The fourth-order valence-corrected chi connectivity index (χ4v) is 2.10. The van der Waals surface area contributed by atoms with Crippen LogP contribution in [0.2, 0.25) is 0 Å². The predicted molar refractivity (Wildman–Crippen MR) is 71.4 cm³/mol. The van der Waals surface area contributed by atoms with E-state index >= 15 is 0 Å². The van der Waals surface area contributed by atoms with Crippen LogP contribution in [0.5, 0.6) is 0 Å². The molecular weight excluding hydrogens is 224 g/mol. The molecule has 4 nitrogen and oxygen atoms in total. The van der Waals surface area contributed by atoms with E-state index in [1.165, 1.54) is 5.39 Å². The van der Waals surface area contributed by atoms with Gasteiger partial charge in [-0.1, -0.05) is 23.2 Å². The zero-order valence-corrected chi connectivity index (χ0v) is 10.5. The van der Waals surface area contributed by atoms with Crippen LogP contribution in [0.4, 0.5) is 5.82 Å². The molecule has 0 aliphatic rings. The van der Waals surface area contributed by atoms with Gasteiger partial charge < -0.3 is 5.73 Å². The molecule has 2 N–H and O–H groups in total. The van der Waals surface area contributed by atoms with Gasteiger partial charge in [-0.25, -0.2) is 4.57 Å². The van der Waals surface area contributed by atoms with Gasteiger partial charge in [0.25, 0.3) is 0 Å². The standard InChI is InChI=1S/C14H14N4/c1-10-16-14(9-13(15)17(10)2)18-8-7-11-5-3-4-6-12(11)18/h3-9,15H,1-2H3/p+1. The second kappa shape index (κ2) is 3.84. The third-order valence-corrected chi connectivity index (χ3v) is 3.27. The summed E-state index contributed by atoms with van der Waals surface area (Å²) in [5.41, 5.74) is 7.12. The number of hydrogen-bond donors (Lipinski definition) is 1. The van der Waals surface area contributed by atoms with Gasteiger partial charge in [-0.15, -0.1) is 0 Å². The van der Waals surface area contributed by atoms with Crippen molar-refractivity contribution in [1.29, 1.82) is 0 Å². The number of hydrogen-bond acceptors (Lipinski definition) is 2. The highest BCUT2D eigenvalue weighted by Crippen LogP contribution is 2.19. The Morgan fingerprint density at radius 3 is 2.78 bits per heavy atom. The maximum Gasteiger partial charge on any atom is 0.237 e. The number of fused-ring (bicyclic) bond motifs is 1. The van der Waals surface area contributed by atoms with Gasteiger partial charge in [-0.05, 0) is 12.1 Å². The molecule has 0 amide bonds. The van der Waals surface area contributed by atoms with E-state index in [9.17, 15) is 0 Å². The third-order valence-electron chi connectivity index (χ3n) is 3.27. The van der Waals surface area contributed by atoms with E-state index < -0.39 is 0 Å². The van der Waals surface area contributed by atoms with Gasteiger partial charge in [0, 0.05) is 18.5 Å². The fraction of sp³-hybridized carbons (Fsp3) is 0.143. The van der Waals surface area contributed by atoms with Crippen LogP contribution in [0, 0.1) is 6.92 Å². The molecule has 0 bridgehead atoms. The summed E-state index contributed by atoms with van der Waals surface area (Å²) < 4.78 is 3.92. The number of nitrogen functional groups attached to an aromatic ring is 1. The molecular formula is C14H15N4+. The van der Waals surface area contributed by atoms with E-state index in [4.69, 9.17) is 5.73 Å². The molecule has 0 unspecified atom stereocenters. The summed E-state index contributed by atoms with van der Waals surface area (Å²) in [5.74, 6) is 2.45. The second-order valence-electron chi connectivity index (χ2n) is 4.39. The van der Waals surface area contributed by atoms with Crippen molar-refractivity contribution >= 4 is 16.7 Å². The van der Waals surface area contributed by atoms with Gasteiger partial charge in [0.2, 0.25) is 17.5 Å². The molecule has 2 aromatic heterocycles. The van der Waals surface area contributed by atoms with E-state index in [-0.39, 0.29) is 0 Å². The van der Waals surface area contributed by atoms with Crippen LogP contribution >= 0.6 is 0 Å². The van der Waals surface area contributed by atoms with Crippen LogP contribution in [0.15, 0.2) is 42.6 Å². The Morgan fingerprint density at radius 1 is 1.22 bits per heavy atom. The lowest BCUT2D eigenvalue weighted by Crippen LogP contribution is -2.37. The summed E-state index contributed by atoms with van der Waals surface area (Å²) in [4.78, 5) is 4.57. The number of nitrogens with zero attached hydrogens (tertiary/aromatic N) is 3. The van der Waals surface area contributed by atoms with Crippen molar-refractivity contribution in [1.82, 2.24) is 9.55 Å². The minimum Gasteiger partial charge on any atom is -0.318 e. The van der Waals surface area contributed by atoms with Gasteiger partial charge in [0.05, 0.1) is 18.6 Å². The van der Waals surface area contributed by atoms with E-state index in [1.54, 1.807) is 0 Å². The average Bonchev–Trinajstić information content (AvgIpc) is 2.79. The maximum absolute atomic E-state index is 5.98. The van der Waals surface area contributed by atoms with Crippen LogP contribution in [-0.4, -0.2) is 9.55 Å². The van der Waals surface area contributed by atoms with Crippen LogP contribution in [0.1, 0.15) is 5.82 Å². The molecule has 0 saturated heterocycles. The van der Waals surface area contributed by atoms with Gasteiger partial charge >= 0.3 is 0 Å². The zero-order chi connectivity index (χ0) is 12.7. The van der Waals surface area contributed by atoms with Crippen molar-refractivity contribution in [2.75, 3.05) is 5.73 Å². The fourth-order valence-electron chi connectivity index (χ4n) is 2.10. The van der Waals surface area contributed by atoms with E-state index in [0.29, 0.717) is 5.82 Å². The van der Waals surface area contributed by atoms with Gasteiger partial charge in [0.15, 0.2) is 0 Å². The van der Waals surface area contributed by atoms with Gasteiger partial charge in [-0.2, -0.15) is 0 Å². The molecule has 0 aliphatic heterocycles. The molecule has 3 aromatic rings. The minimum absolute atomic E-state index is 0.704. The molecule has 4 heteroatoms. The van der Waals surface area contributed by atoms with Gasteiger partial charge in [0.1, 0.15) is 0 Å². The lowest BCUT2D eigenvalue weighted by Gasteiger charge is -2.05. The Labute approximate surface area is 105 Å². The van der Waals surface area contributed by atoms with Crippen molar-refractivity contribution in [2.45, 2.75) is 6.92 Å². The Morgan fingerprint density at radius 2 is 2.00 bits per heavy atom. The molecule has 0 fully saturated rings. The Kier molecular flexibility index (Phi) is 2.30. The lowest BCUT2D eigenvalue weighted by atomic mass is 10.2. The normalized spacial score (nSPS) is 11.0. The highest BCUT2D eigenvalue weighted by Gasteiger charge is 2.12. The summed E-state index contributed by atoms with van der Waals surface area (Å²) in [5, 5.41) is 1.20.